The fourth-order valence-electron chi connectivity index (χ4n) is 1.79. The summed E-state index contributed by atoms with van der Waals surface area (Å²) >= 11 is 0. The average molecular weight is 300 g/mol. The van der Waals surface area contributed by atoms with Crippen LogP contribution in [0.2, 0.25) is 0 Å². The highest BCUT2D eigenvalue weighted by Gasteiger charge is 2.18. The molecule has 0 aliphatic heterocycles. The molecule has 6 heteroatoms. The normalized spacial score (nSPS) is 11.5. The van der Waals surface area contributed by atoms with Crippen molar-refractivity contribution in [1.29, 1.82) is 0 Å². The Morgan fingerprint density at radius 1 is 1.25 bits per heavy atom. The van der Waals surface area contributed by atoms with Crippen LogP contribution in [-0.4, -0.2) is 38.5 Å². The zero-order valence-electron chi connectivity index (χ0n) is 11.8. The summed E-state index contributed by atoms with van der Waals surface area (Å²) in [5, 5.41) is 9.11. The minimum Gasteiger partial charge on any atom is -0.478 e. The van der Waals surface area contributed by atoms with Gasteiger partial charge in [0.1, 0.15) is 0 Å². The van der Waals surface area contributed by atoms with E-state index >= 15 is 0 Å². The van der Waals surface area contributed by atoms with Crippen LogP contribution in [-0.2, 0) is 21.0 Å². The number of hydrogen-bond acceptors (Lipinski definition) is 4. The Labute approximate surface area is 119 Å². The fourth-order valence-corrected chi connectivity index (χ4v) is 2.94. The van der Waals surface area contributed by atoms with Gasteiger partial charge in [0, 0.05) is 6.61 Å². The minimum absolute atomic E-state index is 0.0344. The number of sulfone groups is 1. The van der Waals surface area contributed by atoms with Gasteiger partial charge in [-0.25, -0.2) is 13.2 Å². The van der Waals surface area contributed by atoms with Gasteiger partial charge in [0.15, 0.2) is 9.84 Å². The number of carbonyl (C=O) groups is 1. The maximum Gasteiger partial charge on any atom is 0.336 e. The van der Waals surface area contributed by atoms with Crippen LogP contribution < -0.4 is 0 Å². The van der Waals surface area contributed by atoms with Gasteiger partial charge in [0.2, 0.25) is 0 Å². The summed E-state index contributed by atoms with van der Waals surface area (Å²) in [4.78, 5) is 11.2. The molecular formula is C14H20O5S. The second-order valence-electron chi connectivity index (χ2n) is 4.41. The van der Waals surface area contributed by atoms with Crippen LogP contribution in [0.5, 0.6) is 0 Å². The first-order valence-electron chi connectivity index (χ1n) is 6.59. The second kappa shape index (κ2) is 7.40. The molecule has 0 bridgehead atoms. The Hall–Kier alpha value is -1.40. The largest absolute Gasteiger partial charge is 0.478 e. The third-order valence-electron chi connectivity index (χ3n) is 2.90. The second-order valence-corrected chi connectivity index (χ2v) is 6.52. The molecule has 0 saturated carbocycles. The van der Waals surface area contributed by atoms with Crippen LogP contribution in [0.25, 0.3) is 0 Å². The van der Waals surface area contributed by atoms with Crippen LogP contribution in [0.4, 0.5) is 0 Å². The summed E-state index contributed by atoms with van der Waals surface area (Å²) in [6.07, 6.45) is 1.37. The monoisotopic (exact) mass is 300 g/mol. The van der Waals surface area contributed by atoms with Crippen molar-refractivity contribution < 1.29 is 23.1 Å². The Morgan fingerprint density at radius 2 is 1.95 bits per heavy atom. The fraction of sp³-hybridized carbons (Fsp3) is 0.500. The van der Waals surface area contributed by atoms with Crippen molar-refractivity contribution in [2.24, 2.45) is 0 Å². The van der Waals surface area contributed by atoms with Crippen molar-refractivity contribution in [2.75, 3.05) is 19.0 Å². The Bertz CT molecular complexity index is 563. The molecular weight excluding hydrogens is 280 g/mol. The van der Waals surface area contributed by atoms with Crippen molar-refractivity contribution >= 4 is 15.8 Å². The molecule has 0 atom stereocenters. The molecule has 5 nitrogen and oxygen atoms in total. The molecule has 20 heavy (non-hydrogen) atoms. The quantitative estimate of drug-likeness (QED) is 0.744. The molecule has 0 amide bonds. The molecule has 0 aromatic heterocycles. The topological polar surface area (TPSA) is 80.7 Å². The van der Waals surface area contributed by atoms with E-state index in [0.29, 0.717) is 18.6 Å². The number of ether oxygens (including phenoxy) is 1. The van der Waals surface area contributed by atoms with Crippen molar-refractivity contribution in [3.05, 3.63) is 29.3 Å². The van der Waals surface area contributed by atoms with E-state index in [1.54, 1.807) is 6.07 Å². The molecule has 0 spiro atoms. The van der Waals surface area contributed by atoms with E-state index in [1.165, 1.54) is 12.1 Å². The van der Waals surface area contributed by atoms with E-state index in [0.717, 1.165) is 6.42 Å². The molecule has 1 aromatic carbocycles. The predicted octanol–water partition coefficient (Wildman–Crippen LogP) is 2.15. The molecule has 0 aliphatic carbocycles. The van der Waals surface area contributed by atoms with Crippen LogP contribution in [0.15, 0.2) is 23.1 Å². The van der Waals surface area contributed by atoms with Crippen molar-refractivity contribution in [2.45, 2.75) is 31.6 Å². The van der Waals surface area contributed by atoms with Crippen molar-refractivity contribution in [1.82, 2.24) is 0 Å². The van der Waals surface area contributed by atoms with E-state index in [-0.39, 0.29) is 22.8 Å². The maximum absolute atomic E-state index is 12.1. The lowest BCUT2D eigenvalue weighted by atomic mass is 10.1. The van der Waals surface area contributed by atoms with Crippen molar-refractivity contribution in [3.8, 4) is 0 Å². The standard InChI is InChI=1S/C14H20O5S/c1-3-7-19-8-9-20(17,18)12-6-5-11(4-2)13(10-12)14(15)16/h5-6,10H,3-4,7-9H2,1-2H3,(H,15,16). The number of aromatic carboxylic acids is 1. The summed E-state index contributed by atoms with van der Waals surface area (Å²) in [5.41, 5.74) is 0.668. The summed E-state index contributed by atoms with van der Waals surface area (Å²) in [5.74, 6) is -1.25. The van der Waals surface area contributed by atoms with E-state index < -0.39 is 15.8 Å². The highest BCUT2D eigenvalue weighted by atomic mass is 32.2. The van der Waals surface area contributed by atoms with Gasteiger partial charge in [-0.3, -0.25) is 0 Å². The van der Waals surface area contributed by atoms with Gasteiger partial charge >= 0.3 is 5.97 Å². The van der Waals surface area contributed by atoms with Gasteiger partial charge < -0.3 is 9.84 Å². The Kier molecular flexibility index (Phi) is 6.16. The molecule has 1 N–H and O–H groups in total. The first-order chi connectivity index (χ1) is 9.42. The first kappa shape index (κ1) is 16.7. The van der Waals surface area contributed by atoms with E-state index in [2.05, 4.69) is 0 Å². The lowest BCUT2D eigenvalue weighted by Gasteiger charge is -2.09. The van der Waals surface area contributed by atoms with Crippen LogP contribution >= 0.6 is 0 Å². The SMILES string of the molecule is CCCOCCS(=O)(=O)c1ccc(CC)c(C(=O)O)c1. The van der Waals surface area contributed by atoms with Gasteiger partial charge in [-0.05, 0) is 30.5 Å². The lowest BCUT2D eigenvalue weighted by Crippen LogP contribution is -2.14. The molecule has 1 rings (SSSR count). The minimum atomic E-state index is -3.51. The first-order valence-corrected chi connectivity index (χ1v) is 8.24. The highest BCUT2D eigenvalue weighted by molar-refractivity contribution is 7.91. The number of aryl methyl sites for hydroxylation is 1. The summed E-state index contributed by atoms with van der Waals surface area (Å²) in [6, 6.07) is 4.25. The molecule has 0 aliphatic rings. The van der Waals surface area contributed by atoms with Gasteiger partial charge in [-0.15, -0.1) is 0 Å². The molecule has 0 unspecified atom stereocenters. The van der Waals surface area contributed by atoms with Crippen LogP contribution in [0, 0.1) is 0 Å². The number of rotatable bonds is 8. The maximum atomic E-state index is 12.1. The predicted molar refractivity (Wildman–Crippen MR) is 75.9 cm³/mol. The van der Waals surface area contributed by atoms with Gasteiger partial charge in [0.25, 0.3) is 0 Å². The van der Waals surface area contributed by atoms with Gasteiger partial charge in [-0.1, -0.05) is 19.9 Å². The van der Waals surface area contributed by atoms with E-state index in [1.807, 2.05) is 13.8 Å². The molecule has 0 saturated heterocycles. The molecule has 0 heterocycles. The van der Waals surface area contributed by atoms with Gasteiger partial charge in [0.05, 0.1) is 22.8 Å². The highest BCUT2D eigenvalue weighted by Crippen LogP contribution is 2.18. The molecule has 0 fully saturated rings. The average Bonchev–Trinajstić information content (AvgIpc) is 2.42. The Balaban J connectivity index is 2.95. The third-order valence-corrected chi connectivity index (χ3v) is 4.57. The molecule has 1 aromatic rings. The van der Waals surface area contributed by atoms with E-state index in [9.17, 15) is 13.2 Å². The smallest absolute Gasteiger partial charge is 0.336 e. The zero-order chi connectivity index (χ0) is 15.2. The lowest BCUT2D eigenvalue weighted by molar-refractivity contribution is 0.0695. The summed E-state index contributed by atoms with van der Waals surface area (Å²) in [6.45, 7) is 4.41. The molecule has 112 valence electrons. The van der Waals surface area contributed by atoms with E-state index in [4.69, 9.17) is 9.84 Å². The number of benzene rings is 1. The molecule has 0 radical (unpaired) electrons. The number of hydrogen-bond donors (Lipinski definition) is 1. The Morgan fingerprint density at radius 3 is 2.50 bits per heavy atom. The number of carboxylic acids is 1. The van der Waals surface area contributed by atoms with Crippen LogP contribution in [0.1, 0.15) is 36.2 Å². The van der Waals surface area contributed by atoms with Gasteiger partial charge in [-0.2, -0.15) is 0 Å². The summed E-state index contributed by atoms with van der Waals surface area (Å²) < 4.78 is 29.4. The zero-order valence-corrected chi connectivity index (χ0v) is 12.6. The number of carboxylic acid groups (broad SMARTS) is 1. The van der Waals surface area contributed by atoms with Crippen LogP contribution in [0.3, 0.4) is 0 Å². The third kappa shape index (κ3) is 4.31. The van der Waals surface area contributed by atoms with Crippen molar-refractivity contribution in [3.63, 3.8) is 0 Å². The summed E-state index contributed by atoms with van der Waals surface area (Å²) in [7, 11) is -3.51.